The zero-order chi connectivity index (χ0) is 14.3. The van der Waals surface area contributed by atoms with Gasteiger partial charge in [-0.15, -0.1) is 0 Å². The second kappa shape index (κ2) is 4.51. The summed E-state index contributed by atoms with van der Waals surface area (Å²) in [5.41, 5.74) is 1.66. The number of aromatic amines is 1. The van der Waals surface area contributed by atoms with Crippen LogP contribution in [0, 0.1) is 5.41 Å². The average Bonchev–Trinajstić information content (AvgIpc) is 2.68. The first kappa shape index (κ1) is 13.0. The zero-order valence-corrected chi connectivity index (χ0v) is 11.5. The summed E-state index contributed by atoms with van der Waals surface area (Å²) in [7, 11) is 0. The molecule has 1 aromatic heterocycles. The van der Waals surface area contributed by atoms with Crippen LogP contribution in [-0.4, -0.2) is 20.6 Å². The Labute approximate surface area is 116 Å². The number of benzene rings is 1. The lowest BCUT2D eigenvalue weighted by Gasteiger charge is -2.41. The number of imidazole rings is 1. The Morgan fingerprint density at radius 1 is 1.45 bits per heavy atom. The van der Waals surface area contributed by atoms with E-state index in [1.165, 1.54) is 12.5 Å². The fourth-order valence-electron chi connectivity index (χ4n) is 3.08. The van der Waals surface area contributed by atoms with E-state index in [1.807, 2.05) is 0 Å². The zero-order valence-electron chi connectivity index (χ0n) is 11.5. The number of carboxylic acid groups (broad SMARTS) is 1. The smallest absolute Gasteiger partial charge is 0.335 e. The molecule has 20 heavy (non-hydrogen) atoms. The van der Waals surface area contributed by atoms with Crippen molar-refractivity contribution in [3.63, 3.8) is 0 Å². The Balaban J connectivity index is 2.09. The van der Waals surface area contributed by atoms with Crippen LogP contribution in [0.25, 0.3) is 11.0 Å². The third-order valence-electron chi connectivity index (χ3n) is 4.68. The van der Waals surface area contributed by atoms with Gasteiger partial charge < -0.3 is 10.1 Å². The summed E-state index contributed by atoms with van der Waals surface area (Å²) in [6.45, 7) is 2.83. The number of carboxylic acids is 1. The number of rotatable bonds is 4. The number of fused-ring (bicyclic) bond motifs is 1. The molecule has 0 radical (unpaired) electrons. The topological polar surface area (TPSA) is 75.1 Å². The van der Waals surface area contributed by atoms with Gasteiger partial charge in [-0.3, -0.25) is 4.57 Å². The normalized spacial score (nSPS) is 17.1. The second-order valence-corrected chi connectivity index (χ2v) is 5.76. The second-order valence-electron chi connectivity index (χ2n) is 5.76. The number of H-pyrrole nitrogens is 1. The van der Waals surface area contributed by atoms with Crippen molar-refractivity contribution >= 4 is 17.0 Å². The van der Waals surface area contributed by atoms with Gasteiger partial charge in [-0.25, -0.2) is 9.59 Å². The maximum absolute atomic E-state index is 12.1. The van der Waals surface area contributed by atoms with Crippen molar-refractivity contribution in [1.82, 2.24) is 9.55 Å². The molecule has 0 spiro atoms. The molecule has 1 heterocycles. The predicted octanol–water partition coefficient (Wildman–Crippen LogP) is 2.61. The van der Waals surface area contributed by atoms with E-state index in [2.05, 4.69) is 11.9 Å². The quantitative estimate of drug-likeness (QED) is 0.899. The molecule has 3 rings (SSSR count). The van der Waals surface area contributed by atoms with Gasteiger partial charge >= 0.3 is 11.7 Å². The third-order valence-corrected chi connectivity index (χ3v) is 4.68. The summed E-state index contributed by atoms with van der Waals surface area (Å²) in [4.78, 5) is 26.0. The van der Waals surface area contributed by atoms with Gasteiger partial charge in [0.15, 0.2) is 0 Å². The van der Waals surface area contributed by atoms with E-state index < -0.39 is 5.97 Å². The summed E-state index contributed by atoms with van der Waals surface area (Å²) in [6, 6.07) is 4.76. The van der Waals surface area contributed by atoms with Gasteiger partial charge in [-0.05, 0) is 42.9 Å². The lowest BCUT2D eigenvalue weighted by atomic mass is 9.67. The minimum absolute atomic E-state index is 0.151. The fourth-order valence-corrected chi connectivity index (χ4v) is 3.08. The molecule has 0 unspecified atom stereocenters. The van der Waals surface area contributed by atoms with Crippen molar-refractivity contribution in [2.75, 3.05) is 0 Å². The van der Waals surface area contributed by atoms with E-state index in [4.69, 9.17) is 5.11 Å². The monoisotopic (exact) mass is 274 g/mol. The highest BCUT2D eigenvalue weighted by Gasteiger charge is 2.36. The minimum Gasteiger partial charge on any atom is -0.478 e. The number of aromatic carboxylic acids is 1. The molecule has 0 saturated heterocycles. The van der Waals surface area contributed by atoms with Gasteiger partial charge in [-0.2, -0.15) is 0 Å². The molecule has 1 aromatic carbocycles. The van der Waals surface area contributed by atoms with Gasteiger partial charge in [0.2, 0.25) is 0 Å². The van der Waals surface area contributed by atoms with E-state index >= 15 is 0 Å². The van der Waals surface area contributed by atoms with Crippen LogP contribution in [0.1, 0.15) is 43.0 Å². The summed E-state index contributed by atoms with van der Waals surface area (Å²) in [6.07, 6.45) is 4.54. The highest BCUT2D eigenvalue weighted by molar-refractivity contribution is 5.92. The SMILES string of the molecule is CCC1(Cn2c(=O)[nH]c3ccc(C(=O)O)cc32)CCC1. The molecule has 0 bridgehead atoms. The van der Waals surface area contributed by atoms with Gasteiger partial charge in [0.1, 0.15) is 0 Å². The van der Waals surface area contributed by atoms with Crippen molar-refractivity contribution < 1.29 is 9.90 Å². The van der Waals surface area contributed by atoms with Gasteiger partial charge in [0.05, 0.1) is 16.6 Å². The molecule has 1 aliphatic carbocycles. The average molecular weight is 274 g/mol. The van der Waals surface area contributed by atoms with Crippen LogP contribution in [0.3, 0.4) is 0 Å². The van der Waals surface area contributed by atoms with Gasteiger partial charge in [-0.1, -0.05) is 13.3 Å². The lowest BCUT2D eigenvalue weighted by Crippen LogP contribution is -2.36. The van der Waals surface area contributed by atoms with Crippen molar-refractivity contribution in [3.8, 4) is 0 Å². The minimum atomic E-state index is -0.971. The predicted molar refractivity (Wildman–Crippen MR) is 76.1 cm³/mol. The maximum atomic E-state index is 12.1. The third kappa shape index (κ3) is 1.94. The maximum Gasteiger partial charge on any atom is 0.335 e. The number of hydrogen-bond acceptors (Lipinski definition) is 2. The molecular weight excluding hydrogens is 256 g/mol. The largest absolute Gasteiger partial charge is 0.478 e. The van der Waals surface area contributed by atoms with E-state index in [0.29, 0.717) is 17.6 Å². The molecule has 0 atom stereocenters. The Hall–Kier alpha value is -2.04. The molecule has 0 amide bonds. The molecular formula is C15H18N2O3. The van der Waals surface area contributed by atoms with Crippen LogP contribution in [0.4, 0.5) is 0 Å². The van der Waals surface area contributed by atoms with Crippen molar-refractivity contribution in [2.24, 2.45) is 5.41 Å². The molecule has 1 aliphatic rings. The Morgan fingerprint density at radius 3 is 2.75 bits per heavy atom. The number of hydrogen-bond donors (Lipinski definition) is 2. The lowest BCUT2D eigenvalue weighted by molar-refractivity contribution is 0.0697. The Bertz CT molecular complexity index is 717. The van der Waals surface area contributed by atoms with Crippen LogP contribution in [0.2, 0.25) is 0 Å². The van der Waals surface area contributed by atoms with Gasteiger partial charge in [0.25, 0.3) is 0 Å². The van der Waals surface area contributed by atoms with Crippen LogP contribution in [0.15, 0.2) is 23.0 Å². The Kier molecular flexibility index (Phi) is 2.92. The molecule has 5 nitrogen and oxygen atoms in total. The first-order valence-corrected chi connectivity index (χ1v) is 7.00. The summed E-state index contributed by atoms with van der Waals surface area (Å²) >= 11 is 0. The number of nitrogens with zero attached hydrogens (tertiary/aromatic N) is 1. The van der Waals surface area contributed by atoms with E-state index in [1.54, 1.807) is 16.7 Å². The van der Waals surface area contributed by atoms with E-state index in [0.717, 1.165) is 19.3 Å². The molecule has 5 heteroatoms. The van der Waals surface area contributed by atoms with Gasteiger partial charge in [0, 0.05) is 6.54 Å². The van der Waals surface area contributed by atoms with Crippen LogP contribution >= 0.6 is 0 Å². The summed E-state index contributed by atoms with van der Waals surface area (Å²) in [5, 5.41) is 9.08. The molecule has 1 saturated carbocycles. The first-order valence-electron chi connectivity index (χ1n) is 7.00. The summed E-state index contributed by atoms with van der Waals surface area (Å²) < 4.78 is 1.70. The fraction of sp³-hybridized carbons (Fsp3) is 0.467. The first-order chi connectivity index (χ1) is 9.54. The van der Waals surface area contributed by atoms with E-state index in [-0.39, 0.29) is 16.7 Å². The van der Waals surface area contributed by atoms with E-state index in [9.17, 15) is 9.59 Å². The number of carbonyl (C=O) groups is 1. The molecule has 0 aliphatic heterocycles. The highest BCUT2D eigenvalue weighted by atomic mass is 16.4. The van der Waals surface area contributed by atoms with Crippen LogP contribution in [0.5, 0.6) is 0 Å². The standard InChI is InChI=1S/C15H18N2O3/c1-2-15(6-3-7-15)9-17-12-8-10(13(18)19)4-5-11(12)16-14(17)20/h4-5,8H,2-3,6-7,9H2,1H3,(H,16,20)(H,18,19). The molecule has 2 N–H and O–H groups in total. The van der Waals surface area contributed by atoms with Crippen molar-refractivity contribution in [3.05, 3.63) is 34.2 Å². The van der Waals surface area contributed by atoms with Crippen LogP contribution < -0.4 is 5.69 Å². The highest BCUT2D eigenvalue weighted by Crippen LogP contribution is 2.45. The molecule has 2 aromatic rings. The molecule has 106 valence electrons. The van der Waals surface area contributed by atoms with Crippen molar-refractivity contribution in [2.45, 2.75) is 39.2 Å². The van der Waals surface area contributed by atoms with Crippen LogP contribution in [-0.2, 0) is 6.54 Å². The number of aromatic nitrogens is 2. The summed E-state index contributed by atoms with van der Waals surface area (Å²) in [5.74, 6) is -0.971. The number of nitrogens with one attached hydrogen (secondary N) is 1. The van der Waals surface area contributed by atoms with Crippen molar-refractivity contribution in [1.29, 1.82) is 0 Å². The molecule has 1 fully saturated rings. The Morgan fingerprint density at radius 2 is 2.20 bits per heavy atom.